The van der Waals surface area contributed by atoms with Crippen LogP contribution in [-0.2, 0) is 4.79 Å². The molecule has 0 saturated carbocycles. The van der Waals surface area contributed by atoms with Crippen molar-refractivity contribution >= 4 is 34.6 Å². The predicted molar refractivity (Wildman–Crippen MR) is 86.2 cm³/mol. The molecule has 5 heteroatoms. The number of nitrogens with one attached hydrogen (secondary N) is 1. The van der Waals surface area contributed by atoms with Gasteiger partial charge in [-0.1, -0.05) is 17.7 Å². The van der Waals surface area contributed by atoms with Crippen LogP contribution in [0.25, 0.3) is 6.08 Å². The summed E-state index contributed by atoms with van der Waals surface area (Å²) < 4.78 is 0. The van der Waals surface area contributed by atoms with Gasteiger partial charge in [-0.15, -0.1) is 0 Å². The predicted octanol–water partition coefficient (Wildman–Crippen LogP) is 3.28. The highest BCUT2D eigenvalue weighted by Gasteiger charge is 2.23. The molecule has 2 aromatic rings. The van der Waals surface area contributed by atoms with E-state index in [0.29, 0.717) is 10.1 Å². The van der Waals surface area contributed by atoms with Gasteiger partial charge in [-0.3, -0.25) is 9.78 Å². The first-order valence-electron chi connectivity index (χ1n) is 6.47. The fourth-order valence-electron chi connectivity index (χ4n) is 1.83. The van der Waals surface area contributed by atoms with Gasteiger partial charge >= 0.3 is 0 Å². The average Bonchev–Trinajstić information content (AvgIpc) is 2.82. The molecule has 1 fully saturated rings. The summed E-state index contributed by atoms with van der Waals surface area (Å²) in [5.74, 6) is -0.123. The number of aromatic nitrogens is 1. The number of hydrogen-bond acceptors (Lipinski definition) is 4. The Morgan fingerprint density at radius 1 is 1.14 bits per heavy atom. The Kier molecular flexibility index (Phi) is 3.83. The normalized spacial score (nSPS) is 18.2. The van der Waals surface area contributed by atoms with Crippen LogP contribution in [0.4, 0.5) is 5.69 Å². The van der Waals surface area contributed by atoms with Gasteiger partial charge in [0.15, 0.2) is 5.17 Å². The number of rotatable bonds is 2. The molecule has 104 valence electrons. The van der Waals surface area contributed by atoms with Crippen molar-refractivity contribution in [3.05, 3.63) is 64.8 Å². The zero-order chi connectivity index (χ0) is 14.7. The molecule has 1 aromatic carbocycles. The molecular weight excluding hydrogens is 282 g/mol. The molecule has 21 heavy (non-hydrogen) atoms. The number of thioether (sulfide) groups is 1. The third-order valence-corrected chi connectivity index (χ3v) is 3.83. The average molecular weight is 295 g/mol. The summed E-state index contributed by atoms with van der Waals surface area (Å²) in [5, 5.41) is 3.38. The van der Waals surface area contributed by atoms with E-state index in [9.17, 15) is 4.79 Å². The maximum Gasteiger partial charge on any atom is 0.264 e. The van der Waals surface area contributed by atoms with Gasteiger partial charge in [0.25, 0.3) is 5.91 Å². The van der Waals surface area contributed by atoms with Crippen LogP contribution in [0.5, 0.6) is 0 Å². The second-order valence-electron chi connectivity index (χ2n) is 4.60. The van der Waals surface area contributed by atoms with Gasteiger partial charge in [0, 0.05) is 12.4 Å². The molecule has 1 aliphatic heterocycles. The van der Waals surface area contributed by atoms with Crippen LogP contribution in [0.3, 0.4) is 0 Å². The highest BCUT2D eigenvalue weighted by atomic mass is 32.2. The Labute approximate surface area is 127 Å². The summed E-state index contributed by atoms with van der Waals surface area (Å²) in [4.78, 5) is 21.0. The minimum Gasteiger partial charge on any atom is -0.300 e. The van der Waals surface area contributed by atoms with Crippen molar-refractivity contribution in [1.29, 1.82) is 0 Å². The van der Waals surface area contributed by atoms with E-state index >= 15 is 0 Å². The van der Waals surface area contributed by atoms with Gasteiger partial charge in [-0.05, 0) is 54.6 Å². The van der Waals surface area contributed by atoms with Crippen molar-refractivity contribution in [2.45, 2.75) is 6.92 Å². The van der Waals surface area contributed by atoms with E-state index in [-0.39, 0.29) is 5.91 Å². The second-order valence-corrected chi connectivity index (χ2v) is 5.63. The van der Waals surface area contributed by atoms with Crippen LogP contribution in [0.15, 0.2) is 58.7 Å². The fourth-order valence-corrected chi connectivity index (χ4v) is 2.67. The van der Waals surface area contributed by atoms with Crippen molar-refractivity contribution in [3.8, 4) is 0 Å². The van der Waals surface area contributed by atoms with E-state index in [0.717, 1.165) is 11.3 Å². The van der Waals surface area contributed by atoms with Gasteiger partial charge in [0.2, 0.25) is 0 Å². The smallest absolute Gasteiger partial charge is 0.264 e. The Morgan fingerprint density at radius 2 is 1.86 bits per heavy atom. The van der Waals surface area contributed by atoms with Gasteiger partial charge in [0.1, 0.15) is 0 Å². The number of benzene rings is 1. The lowest BCUT2D eigenvalue weighted by molar-refractivity contribution is -0.115. The molecular formula is C16H13N3OS. The first-order chi connectivity index (χ1) is 10.2. The number of amides is 1. The Bertz CT molecular complexity index is 721. The molecule has 1 aromatic heterocycles. The lowest BCUT2D eigenvalue weighted by Crippen LogP contribution is -2.19. The number of amidine groups is 1. The molecule has 0 aliphatic carbocycles. The zero-order valence-corrected chi connectivity index (χ0v) is 12.2. The van der Waals surface area contributed by atoms with Gasteiger partial charge in [0.05, 0.1) is 10.6 Å². The van der Waals surface area contributed by atoms with Crippen molar-refractivity contribution in [2.75, 3.05) is 0 Å². The molecule has 4 nitrogen and oxygen atoms in total. The van der Waals surface area contributed by atoms with E-state index in [2.05, 4.69) is 15.3 Å². The van der Waals surface area contributed by atoms with Gasteiger partial charge in [-0.25, -0.2) is 4.99 Å². The Morgan fingerprint density at radius 3 is 2.57 bits per heavy atom. The molecule has 0 unspecified atom stereocenters. The van der Waals surface area contributed by atoms with E-state index in [4.69, 9.17) is 0 Å². The number of hydrogen-bond donors (Lipinski definition) is 1. The van der Waals surface area contributed by atoms with Crippen LogP contribution < -0.4 is 5.32 Å². The summed E-state index contributed by atoms with van der Waals surface area (Å²) in [5.41, 5.74) is 2.95. The number of aliphatic imine (C=N–C) groups is 1. The highest BCUT2D eigenvalue weighted by molar-refractivity contribution is 8.18. The maximum absolute atomic E-state index is 11.9. The summed E-state index contributed by atoms with van der Waals surface area (Å²) in [6.45, 7) is 2.03. The summed E-state index contributed by atoms with van der Waals surface area (Å²) >= 11 is 1.34. The van der Waals surface area contributed by atoms with Crippen molar-refractivity contribution < 1.29 is 4.79 Å². The molecule has 2 heterocycles. The molecule has 0 radical (unpaired) electrons. The number of aryl methyl sites for hydroxylation is 1. The maximum atomic E-state index is 11.9. The molecule has 1 saturated heterocycles. The zero-order valence-electron chi connectivity index (χ0n) is 11.4. The molecule has 0 atom stereocenters. The fraction of sp³-hybridized carbons (Fsp3) is 0.0625. The molecule has 0 bridgehead atoms. The van der Waals surface area contributed by atoms with E-state index in [1.807, 2.05) is 49.4 Å². The second kappa shape index (κ2) is 5.93. The minimum absolute atomic E-state index is 0.123. The van der Waals surface area contributed by atoms with Crippen LogP contribution in [-0.4, -0.2) is 16.1 Å². The lowest BCUT2D eigenvalue weighted by Gasteiger charge is -1.96. The first kappa shape index (κ1) is 13.6. The monoisotopic (exact) mass is 295 g/mol. The quantitative estimate of drug-likeness (QED) is 0.865. The van der Waals surface area contributed by atoms with Crippen molar-refractivity contribution in [2.24, 2.45) is 4.99 Å². The number of nitrogens with zero attached hydrogens (tertiary/aromatic N) is 2. The molecule has 1 N–H and O–H groups in total. The van der Waals surface area contributed by atoms with E-state index in [1.165, 1.54) is 17.3 Å². The Balaban J connectivity index is 1.81. The van der Waals surface area contributed by atoms with Crippen LogP contribution in [0.2, 0.25) is 0 Å². The molecule has 1 aliphatic rings. The van der Waals surface area contributed by atoms with Gasteiger partial charge < -0.3 is 5.32 Å². The number of carbonyl (C=O) groups excluding carboxylic acids is 1. The lowest BCUT2D eigenvalue weighted by atomic mass is 10.2. The number of pyridine rings is 1. The molecule has 3 rings (SSSR count). The standard InChI is InChI=1S/C16H13N3OS/c1-11-2-4-13(5-3-11)18-16-19-15(20)14(21-16)10-12-6-8-17-9-7-12/h2-10H,1H3,(H,18,19,20)/b14-10+. The highest BCUT2D eigenvalue weighted by Crippen LogP contribution is 2.27. The molecule has 1 amide bonds. The van der Waals surface area contributed by atoms with Crippen molar-refractivity contribution in [1.82, 2.24) is 10.3 Å². The van der Waals surface area contributed by atoms with E-state index in [1.54, 1.807) is 12.4 Å². The summed E-state index contributed by atoms with van der Waals surface area (Å²) in [6.07, 6.45) is 5.23. The SMILES string of the molecule is Cc1ccc(N=C2NC(=O)/C(=C\c3ccncc3)S2)cc1. The summed E-state index contributed by atoms with van der Waals surface area (Å²) in [6, 6.07) is 11.6. The number of carbonyl (C=O) groups is 1. The minimum atomic E-state index is -0.123. The van der Waals surface area contributed by atoms with E-state index < -0.39 is 0 Å². The van der Waals surface area contributed by atoms with Crippen LogP contribution >= 0.6 is 11.8 Å². The summed E-state index contributed by atoms with van der Waals surface area (Å²) in [7, 11) is 0. The van der Waals surface area contributed by atoms with Crippen LogP contribution in [0.1, 0.15) is 11.1 Å². The first-order valence-corrected chi connectivity index (χ1v) is 7.29. The third kappa shape index (κ3) is 3.38. The molecule has 0 spiro atoms. The topological polar surface area (TPSA) is 54.4 Å². The Hall–Kier alpha value is -2.40. The van der Waals surface area contributed by atoms with Gasteiger partial charge in [-0.2, -0.15) is 0 Å². The third-order valence-electron chi connectivity index (χ3n) is 2.92. The van der Waals surface area contributed by atoms with Crippen molar-refractivity contribution in [3.63, 3.8) is 0 Å². The van der Waals surface area contributed by atoms with Crippen LogP contribution in [0, 0.1) is 6.92 Å². The largest absolute Gasteiger partial charge is 0.300 e.